The van der Waals surface area contributed by atoms with Gasteiger partial charge in [-0.2, -0.15) is 0 Å². The van der Waals surface area contributed by atoms with Crippen molar-refractivity contribution in [3.8, 4) is 0 Å². The molecule has 0 amide bonds. The second-order valence-corrected chi connectivity index (χ2v) is 3.49. The Hall–Kier alpha value is -1.60. The summed E-state index contributed by atoms with van der Waals surface area (Å²) in [6, 6.07) is 3.14. The Kier molecular flexibility index (Phi) is 4.74. The van der Waals surface area contributed by atoms with Gasteiger partial charge in [0.1, 0.15) is 5.69 Å². The zero-order valence-corrected chi connectivity index (χ0v) is 9.62. The number of nitrogens with zero attached hydrogens (tertiary/aromatic N) is 2. The van der Waals surface area contributed by atoms with Crippen LogP contribution in [0.1, 0.15) is 19.0 Å². The van der Waals surface area contributed by atoms with Crippen molar-refractivity contribution in [3.63, 3.8) is 0 Å². The Balaban J connectivity index is 2.64. The molecule has 16 heavy (non-hydrogen) atoms. The van der Waals surface area contributed by atoms with Gasteiger partial charge >= 0.3 is 5.97 Å². The summed E-state index contributed by atoms with van der Waals surface area (Å²) >= 11 is 5.81. The minimum atomic E-state index is -0.270. The van der Waals surface area contributed by atoms with E-state index in [9.17, 15) is 4.79 Å². The molecule has 0 radical (unpaired) electrons. The normalized spacial score (nSPS) is 9.56. The van der Waals surface area contributed by atoms with Crippen LogP contribution in [0.3, 0.4) is 0 Å². The van der Waals surface area contributed by atoms with Crippen molar-refractivity contribution in [2.24, 2.45) is 0 Å². The first-order chi connectivity index (χ1) is 7.65. The first-order valence-corrected chi connectivity index (χ1v) is 5.23. The third-order valence-electron chi connectivity index (χ3n) is 1.83. The maximum absolute atomic E-state index is 11.1. The van der Waals surface area contributed by atoms with Crippen molar-refractivity contribution in [1.82, 2.24) is 4.98 Å². The van der Waals surface area contributed by atoms with Crippen LogP contribution in [0.15, 0.2) is 12.1 Å². The Morgan fingerprint density at radius 1 is 1.62 bits per heavy atom. The number of ether oxygens (including phenoxy) is 1. The summed E-state index contributed by atoms with van der Waals surface area (Å²) in [5, 5.41) is 0.458. The largest absolute Gasteiger partial charge is 0.466 e. The molecule has 0 bridgehead atoms. The summed E-state index contributed by atoms with van der Waals surface area (Å²) in [7, 11) is 0. The minimum Gasteiger partial charge on any atom is -0.466 e. The quantitative estimate of drug-likeness (QED) is 0.598. The molecule has 84 valence electrons. The lowest BCUT2D eigenvalue weighted by atomic mass is 10.2. The van der Waals surface area contributed by atoms with E-state index < -0.39 is 0 Å². The lowest BCUT2D eigenvalue weighted by Crippen LogP contribution is -2.05. The fourth-order valence-corrected chi connectivity index (χ4v) is 1.41. The third-order valence-corrected chi connectivity index (χ3v) is 2.05. The predicted molar refractivity (Wildman–Crippen MR) is 60.5 cm³/mol. The molecule has 0 atom stereocenters. The fourth-order valence-electron chi connectivity index (χ4n) is 1.18. The average Bonchev–Trinajstić information content (AvgIpc) is 2.26. The van der Waals surface area contributed by atoms with E-state index in [-0.39, 0.29) is 18.2 Å². The van der Waals surface area contributed by atoms with Crippen LogP contribution in [0.25, 0.3) is 4.85 Å². The van der Waals surface area contributed by atoms with Gasteiger partial charge in [-0.25, -0.2) is 0 Å². The van der Waals surface area contributed by atoms with E-state index in [1.165, 1.54) is 6.07 Å². The molecule has 0 saturated carbocycles. The van der Waals surface area contributed by atoms with E-state index in [1.807, 2.05) is 0 Å². The molecule has 0 spiro atoms. The molecule has 0 fully saturated rings. The van der Waals surface area contributed by atoms with Crippen LogP contribution in [0, 0.1) is 6.57 Å². The summed E-state index contributed by atoms with van der Waals surface area (Å²) in [5.41, 5.74) is 0.631. The van der Waals surface area contributed by atoms with Crippen LogP contribution in [-0.2, 0) is 16.0 Å². The van der Waals surface area contributed by atoms with Gasteiger partial charge < -0.3 is 9.58 Å². The van der Waals surface area contributed by atoms with Crippen LogP contribution < -0.4 is 0 Å². The van der Waals surface area contributed by atoms with Crippen molar-refractivity contribution >= 4 is 23.4 Å². The van der Waals surface area contributed by atoms with Gasteiger partial charge in [-0.1, -0.05) is 18.2 Å². The van der Waals surface area contributed by atoms with Gasteiger partial charge in [-0.05, 0) is 13.0 Å². The van der Waals surface area contributed by atoms with Gasteiger partial charge in [0.05, 0.1) is 13.0 Å². The number of hydrogen-bond donors (Lipinski definition) is 0. The highest BCUT2D eigenvalue weighted by molar-refractivity contribution is 6.30. The molecular weight excluding hydrogens is 228 g/mol. The molecule has 1 rings (SSSR count). The number of rotatable bonds is 4. The highest BCUT2D eigenvalue weighted by atomic mass is 35.5. The number of aromatic nitrogens is 1. The molecule has 0 saturated heterocycles. The fraction of sp³-hybridized carbons (Fsp3) is 0.364. The van der Waals surface area contributed by atoms with Gasteiger partial charge in [-0.15, -0.1) is 4.98 Å². The van der Waals surface area contributed by atoms with Crippen molar-refractivity contribution in [2.45, 2.75) is 19.8 Å². The molecule has 1 aromatic rings. The molecule has 0 aromatic carbocycles. The van der Waals surface area contributed by atoms with E-state index >= 15 is 0 Å². The SMILES string of the molecule is [C-]#[N+]c1cc(Cl)cc(CCC(=O)OCC)n1. The first kappa shape index (κ1) is 12.5. The molecule has 1 heterocycles. The molecular formula is C11H11ClN2O2. The molecule has 0 aliphatic heterocycles. The van der Waals surface area contributed by atoms with E-state index in [1.54, 1.807) is 13.0 Å². The number of hydrogen-bond acceptors (Lipinski definition) is 3. The Labute approximate surface area is 99.0 Å². The summed E-state index contributed by atoms with van der Waals surface area (Å²) < 4.78 is 4.79. The van der Waals surface area contributed by atoms with E-state index in [0.29, 0.717) is 23.7 Å². The summed E-state index contributed by atoms with van der Waals surface area (Å²) in [5.74, 6) is -0.0278. The Bertz CT molecular complexity index is 426. The third kappa shape index (κ3) is 3.87. The second kappa shape index (κ2) is 6.09. The highest BCUT2D eigenvalue weighted by Crippen LogP contribution is 2.18. The number of halogens is 1. The highest BCUT2D eigenvalue weighted by Gasteiger charge is 2.08. The molecule has 1 aromatic heterocycles. The topological polar surface area (TPSA) is 43.5 Å². The zero-order chi connectivity index (χ0) is 12.0. The van der Waals surface area contributed by atoms with Crippen molar-refractivity contribution in [2.75, 3.05) is 6.61 Å². The van der Waals surface area contributed by atoms with Gasteiger partial charge in [0.2, 0.25) is 0 Å². The maximum atomic E-state index is 11.1. The molecule has 0 aliphatic carbocycles. The number of esters is 1. The average molecular weight is 239 g/mol. The lowest BCUT2D eigenvalue weighted by Gasteiger charge is -2.00. The van der Waals surface area contributed by atoms with Crippen molar-refractivity contribution in [3.05, 3.63) is 34.3 Å². The van der Waals surface area contributed by atoms with Gasteiger partial charge in [0.15, 0.2) is 0 Å². The molecule has 4 nitrogen and oxygen atoms in total. The first-order valence-electron chi connectivity index (χ1n) is 4.85. The smallest absolute Gasteiger partial charge is 0.306 e. The monoisotopic (exact) mass is 238 g/mol. The second-order valence-electron chi connectivity index (χ2n) is 3.05. The van der Waals surface area contributed by atoms with E-state index in [2.05, 4.69) is 9.83 Å². The van der Waals surface area contributed by atoms with Crippen LogP contribution in [0.4, 0.5) is 5.82 Å². The molecule has 0 N–H and O–H groups in total. The summed E-state index contributed by atoms with van der Waals surface area (Å²) in [4.78, 5) is 18.3. The molecule has 0 unspecified atom stereocenters. The Morgan fingerprint density at radius 3 is 3.00 bits per heavy atom. The standard InChI is InChI=1S/C11H11ClN2O2/c1-3-16-11(15)5-4-9-6-8(12)7-10(13-2)14-9/h6-7H,3-5H2,1H3. The van der Waals surface area contributed by atoms with Crippen LogP contribution in [0.2, 0.25) is 5.02 Å². The minimum absolute atomic E-state index is 0.242. The molecule has 0 aliphatic rings. The lowest BCUT2D eigenvalue weighted by molar-refractivity contribution is -0.143. The van der Waals surface area contributed by atoms with Crippen molar-refractivity contribution < 1.29 is 9.53 Å². The van der Waals surface area contributed by atoms with Crippen molar-refractivity contribution in [1.29, 1.82) is 0 Å². The Morgan fingerprint density at radius 2 is 2.38 bits per heavy atom. The van der Waals surface area contributed by atoms with E-state index in [0.717, 1.165) is 0 Å². The van der Waals surface area contributed by atoms with Gasteiger partial charge in [-0.3, -0.25) is 4.79 Å². The molecule has 5 heteroatoms. The van der Waals surface area contributed by atoms with Gasteiger partial charge in [0, 0.05) is 17.5 Å². The van der Waals surface area contributed by atoms with Crippen LogP contribution in [-0.4, -0.2) is 17.6 Å². The predicted octanol–water partition coefficient (Wildman–Crippen LogP) is 2.78. The maximum Gasteiger partial charge on any atom is 0.306 e. The van der Waals surface area contributed by atoms with Gasteiger partial charge in [0.25, 0.3) is 5.82 Å². The number of aryl methyl sites for hydroxylation is 1. The van der Waals surface area contributed by atoms with E-state index in [4.69, 9.17) is 22.9 Å². The summed E-state index contributed by atoms with van der Waals surface area (Å²) in [6.45, 7) is 8.96. The van der Waals surface area contributed by atoms with Crippen LogP contribution >= 0.6 is 11.6 Å². The summed E-state index contributed by atoms with van der Waals surface area (Å²) in [6.07, 6.45) is 0.681. The number of carbonyl (C=O) groups is 1. The van der Waals surface area contributed by atoms with Crippen LogP contribution in [0.5, 0.6) is 0 Å². The number of carbonyl (C=O) groups excluding carboxylic acids is 1. The number of pyridine rings is 1. The zero-order valence-electron chi connectivity index (χ0n) is 8.86.